The van der Waals surface area contributed by atoms with Gasteiger partial charge in [0.05, 0.1) is 21.8 Å². The van der Waals surface area contributed by atoms with E-state index in [1.165, 1.54) is 24.3 Å². The van der Waals surface area contributed by atoms with Gasteiger partial charge in [0.1, 0.15) is 11.5 Å². The van der Waals surface area contributed by atoms with Gasteiger partial charge < -0.3 is 15.2 Å². The number of carbonyl (C=O) groups is 3. The lowest BCUT2D eigenvalue weighted by Crippen LogP contribution is -2.16. The summed E-state index contributed by atoms with van der Waals surface area (Å²) in [7, 11) is 0. The molecule has 7 heteroatoms. The van der Waals surface area contributed by atoms with E-state index in [1.54, 1.807) is 48.5 Å². The molecule has 0 aliphatic carbocycles. The second kappa shape index (κ2) is 10.0. The van der Waals surface area contributed by atoms with Crippen molar-refractivity contribution in [3.8, 4) is 11.5 Å². The lowest BCUT2D eigenvalue weighted by molar-refractivity contribution is 0.0696. The number of para-hydroxylation sites is 2. The zero-order valence-electron chi connectivity index (χ0n) is 17.7. The molecule has 6 nitrogen and oxygen atoms in total. The Labute approximate surface area is 200 Å². The third-order valence-corrected chi connectivity index (χ3v) is 5.28. The van der Waals surface area contributed by atoms with E-state index < -0.39 is 17.5 Å². The molecule has 0 saturated carbocycles. The summed E-state index contributed by atoms with van der Waals surface area (Å²) in [6, 6.07) is 26.1. The minimum atomic E-state index is -1.22. The van der Waals surface area contributed by atoms with Gasteiger partial charge >= 0.3 is 5.97 Å². The second-order valence-electron chi connectivity index (χ2n) is 7.27. The molecule has 0 amide bonds. The number of hydrogen-bond donors (Lipinski definition) is 2. The molecule has 168 valence electrons. The standard InChI is InChI=1S/C27H18ClNO5/c28-22-8-4-5-9-23(22)29-19-13-10-17(11-14-19)25(30)26(31)21-16-18(27(32)33)12-15-24(21)34-20-6-2-1-3-7-20/h1-16,29H,(H,32,33). The second-order valence-corrected chi connectivity index (χ2v) is 7.68. The summed E-state index contributed by atoms with van der Waals surface area (Å²) in [5.74, 6) is -2.35. The normalized spacial score (nSPS) is 10.4. The summed E-state index contributed by atoms with van der Waals surface area (Å²) in [6.07, 6.45) is 0. The Morgan fingerprint density at radius 1 is 0.735 bits per heavy atom. The summed E-state index contributed by atoms with van der Waals surface area (Å²) in [4.78, 5) is 37.5. The first kappa shape index (κ1) is 22.8. The van der Waals surface area contributed by atoms with E-state index in [1.807, 2.05) is 18.2 Å². The number of ketones is 2. The molecule has 0 atom stereocenters. The number of carboxylic acid groups (broad SMARTS) is 1. The van der Waals surface area contributed by atoms with E-state index in [9.17, 15) is 19.5 Å². The van der Waals surface area contributed by atoms with Gasteiger partial charge in [0.15, 0.2) is 0 Å². The van der Waals surface area contributed by atoms with Gasteiger partial charge in [-0.2, -0.15) is 0 Å². The summed E-state index contributed by atoms with van der Waals surface area (Å²) < 4.78 is 5.76. The van der Waals surface area contributed by atoms with Gasteiger partial charge in [-0.3, -0.25) is 9.59 Å². The number of rotatable bonds is 8. The van der Waals surface area contributed by atoms with E-state index in [2.05, 4.69) is 5.32 Å². The molecular formula is C27H18ClNO5. The maximum absolute atomic E-state index is 13.1. The molecule has 0 aromatic heterocycles. The molecule has 0 aliphatic rings. The van der Waals surface area contributed by atoms with Crippen molar-refractivity contribution in [1.82, 2.24) is 0 Å². The van der Waals surface area contributed by atoms with Crippen molar-refractivity contribution < 1.29 is 24.2 Å². The first-order valence-electron chi connectivity index (χ1n) is 10.2. The van der Waals surface area contributed by atoms with Gasteiger partial charge in [-0.1, -0.05) is 41.9 Å². The highest BCUT2D eigenvalue weighted by Crippen LogP contribution is 2.29. The number of carbonyl (C=O) groups excluding carboxylic acids is 2. The van der Waals surface area contributed by atoms with Crippen LogP contribution in [0, 0.1) is 0 Å². The fourth-order valence-corrected chi connectivity index (χ4v) is 3.40. The number of nitrogens with one attached hydrogen (secondary N) is 1. The van der Waals surface area contributed by atoms with Crippen LogP contribution in [0.15, 0.2) is 97.1 Å². The van der Waals surface area contributed by atoms with E-state index in [0.29, 0.717) is 22.1 Å². The van der Waals surface area contributed by atoms with Crippen LogP contribution in [-0.4, -0.2) is 22.6 Å². The third-order valence-electron chi connectivity index (χ3n) is 4.95. The van der Waals surface area contributed by atoms with Gasteiger partial charge in [-0.05, 0) is 66.7 Å². The molecule has 0 saturated heterocycles. The number of anilines is 2. The van der Waals surface area contributed by atoms with Gasteiger partial charge in [0.25, 0.3) is 0 Å². The molecule has 34 heavy (non-hydrogen) atoms. The number of ether oxygens (including phenoxy) is 1. The van der Waals surface area contributed by atoms with E-state index >= 15 is 0 Å². The maximum atomic E-state index is 13.1. The molecule has 0 fully saturated rings. The number of benzene rings is 4. The highest BCUT2D eigenvalue weighted by atomic mass is 35.5. The largest absolute Gasteiger partial charge is 0.478 e. The molecule has 4 rings (SSSR count). The third kappa shape index (κ3) is 5.14. The van der Waals surface area contributed by atoms with Gasteiger partial charge in [0, 0.05) is 11.3 Å². The quantitative estimate of drug-likeness (QED) is 0.221. The van der Waals surface area contributed by atoms with Gasteiger partial charge in [0.2, 0.25) is 11.6 Å². The van der Waals surface area contributed by atoms with Crippen LogP contribution >= 0.6 is 11.6 Å². The summed E-state index contributed by atoms with van der Waals surface area (Å²) in [5.41, 5.74) is 1.27. The first-order valence-corrected chi connectivity index (χ1v) is 10.6. The summed E-state index contributed by atoms with van der Waals surface area (Å²) >= 11 is 6.16. The predicted octanol–water partition coefficient (Wildman–Crippen LogP) is 6.64. The topological polar surface area (TPSA) is 92.7 Å². The van der Waals surface area contributed by atoms with Crippen molar-refractivity contribution in [2.24, 2.45) is 0 Å². The van der Waals surface area contributed by atoms with Crippen LogP contribution in [-0.2, 0) is 0 Å². The molecule has 0 bridgehead atoms. The van der Waals surface area contributed by atoms with Crippen molar-refractivity contribution in [2.45, 2.75) is 0 Å². The molecule has 2 N–H and O–H groups in total. The lowest BCUT2D eigenvalue weighted by atomic mass is 9.98. The highest BCUT2D eigenvalue weighted by molar-refractivity contribution is 6.49. The van der Waals surface area contributed by atoms with Crippen LogP contribution in [0.5, 0.6) is 11.5 Å². The number of aromatic carboxylic acids is 1. The highest BCUT2D eigenvalue weighted by Gasteiger charge is 2.24. The molecule has 4 aromatic carbocycles. The fourth-order valence-electron chi connectivity index (χ4n) is 3.22. The zero-order chi connectivity index (χ0) is 24.1. The SMILES string of the molecule is O=C(O)c1ccc(Oc2ccccc2)c(C(=O)C(=O)c2ccc(Nc3ccccc3Cl)cc2)c1. The van der Waals surface area contributed by atoms with Crippen molar-refractivity contribution in [2.75, 3.05) is 5.32 Å². The van der Waals surface area contributed by atoms with Crippen LogP contribution < -0.4 is 10.1 Å². The zero-order valence-corrected chi connectivity index (χ0v) is 18.5. The summed E-state index contributed by atoms with van der Waals surface area (Å²) in [6.45, 7) is 0. The van der Waals surface area contributed by atoms with Gasteiger partial charge in [-0.15, -0.1) is 0 Å². The maximum Gasteiger partial charge on any atom is 0.335 e. The van der Waals surface area contributed by atoms with Crippen LogP contribution in [0.4, 0.5) is 11.4 Å². The monoisotopic (exact) mass is 471 g/mol. The first-order chi connectivity index (χ1) is 16.4. The van der Waals surface area contributed by atoms with Crippen LogP contribution in [0.25, 0.3) is 0 Å². The predicted molar refractivity (Wildman–Crippen MR) is 130 cm³/mol. The average molecular weight is 472 g/mol. The number of carboxylic acids is 1. The minimum absolute atomic E-state index is 0.0894. The van der Waals surface area contributed by atoms with Gasteiger partial charge in [-0.25, -0.2) is 4.79 Å². The molecular weight excluding hydrogens is 454 g/mol. The van der Waals surface area contributed by atoms with Crippen molar-refractivity contribution in [3.63, 3.8) is 0 Å². The Hall–Kier alpha value is -4.42. The Kier molecular flexibility index (Phi) is 6.71. The van der Waals surface area contributed by atoms with Crippen LogP contribution in [0.1, 0.15) is 31.1 Å². The molecule has 0 unspecified atom stereocenters. The Bertz CT molecular complexity index is 1370. The number of Topliss-reactive ketones (excluding diaryl/α,β-unsaturated/α-hetero) is 2. The molecule has 0 aliphatic heterocycles. The Morgan fingerprint density at radius 2 is 1.38 bits per heavy atom. The lowest BCUT2D eigenvalue weighted by Gasteiger charge is -2.12. The van der Waals surface area contributed by atoms with Crippen molar-refractivity contribution in [1.29, 1.82) is 0 Å². The van der Waals surface area contributed by atoms with Crippen molar-refractivity contribution in [3.05, 3.63) is 119 Å². The molecule has 0 radical (unpaired) electrons. The molecule has 0 spiro atoms. The van der Waals surface area contributed by atoms with E-state index in [4.69, 9.17) is 16.3 Å². The Balaban J connectivity index is 1.60. The van der Waals surface area contributed by atoms with Crippen LogP contribution in [0.2, 0.25) is 5.02 Å². The fraction of sp³-hybridized carbons (Fsp3) is 0. The smallest absolute Gasteiger partial charge is 0.335 e. The Morgan fingerprint density at radius 3 is 2.06 bits per heavy atom. The minimum Gasteiger partial charge on any atom is -0.478 e. The number of hydrogen-bond acceptors (Lipinski definition) is 5. The van der Waals surface area contributed by atoms with Crippen molar-refractivity contribution >= 4 is 40.5 Å². The van der Waals surface area contributed by atoms with Crippen LogP contribution in [0.3, 0.4) is 0 Å². The van der Waals surface area contributed by atoms with E-state index in [0.717, 1.165) is 6.07 Å². The molecule has 4 aromatic rings. The molecule has 0 heterocycles. The van der Waals surface area contributed by atoms with E-state index in [-0.39, 0.29) is 22.4 Å². The average Bonchev–Trinajstić information content (AvgIpc) is 2.86. The summed E-state index contributed by atoms with van der Waals surface area (Å²) in [5, 5.41) is 13.0. The number of halogens is 1.